The minimum atomic E-state index is 0. The van der Waals surface area contributed by atoms with Gasteiger partial charge in [0.25, 0.3) is 0 Å². The van der Waals surface area contributed by atoms with Gasteiger partial charge in [0.1, 0.15) is 0 Å². The molecule has 164 valence electrons. The summed E-state index contributed by atoms with van der Waals surface area (Å²) >= 11 is 0. The fraction of sp³-hybridized carbons (Fsp3) is 0.913. The van der Waals surface area contributed by atoms with Gasteiger partial charge in [-0.05, 0) is 68.9 Å². The molecule has 0 saturated carbocycles. The third-order valence-corrected chi connectivity index (χ3v) is 6.56. The molecule has 5 heteroatoms. The van der Waals surface area contributed by atoms with E-state index >= 15 is 0 Å². The molecule has 2 amide bonds. The van der Waals surface area contributed by atoms with Crippen LogP contribution in [0.25, 0.3) is 0 Å². The van der Waals surface area contributed by atoms with Crippen molar-refractivity contribution in [1.29, 1.82) is 0 Å². The number of rotatable bonds is 9. The highest BCUT2D eigenvalue weighted by atomic mass is 16.2. The van der Waals surface area contributed by atoms with Crippen LogP contribution >= 0.6 is 0 Å². The number of likely N-dealkylation sites (tertiary alicyclic amines) is 2. The van der Waals surface area contributed by atoms with Crippen molar-refractivity contribution in [2.24, 2.45) is 23.7 Å². The van der Waals surface area contributed by atoms with Gasteiger partial charge in [0, 0.05) is 40.4 Å². The molecular weight excluding hydrogens is 350 g/mol. The van der Waals surface area contributed by atoms with Gasteiger partial charge in [-0.2, -0.15) is 0 Å². The first-order valence-electron chi connectivity index (χ1n) is 11.6. The molecule has 0 aliphatic carbocycles. The molecule has 5 nitrogen and oxygen atoms in total. The first kappa shape index (κ1) is 23.2. The van der Waals surface area contributed by atoms with Crippen LogP contribution in [-0.2, 0) is 9.59 Å². The van der Waals surface area contributed by atoms with Crippen molar-refractivity contribution < 1.29 is 11.0 Å². The van der Waals surface area contributed by atoms with Gasteiger partial charge in [0.15, 0.2) is 0 Å². The maximum Gasteiger partial charge on any atom is 0.222 e. The minimum absolute atomic E-state index is 0. The molecule has 0 aromatic heterocycles. The molecule has 2 heterocycles. The van der Waals surface area contributed by atoms with Gasteiger partial charge in [-0.25, -0.2) is 0 Å². The van der Waals surface area contributed by atoms with Crippen molar-refractivity contribution in [3.8, 4) is 0 Å². The highest BCUT2D eigenvalue weighted by molar-refractivity contribution is 5.79. The summed E-state index contributed by atoms with van der Waals surface area (Å²) < 4.78 is 0. The van der Waals surface area contributed by atoms with E-state index in [0.717, 1.165) is 50.2 Å². The average molecular weight is 396 g/mol. The standard InChI is InChI=1S/C23H43N3O2.H2/c1-18(2)16-24-22(27)6-5-7-23(28)26-14-8-20(9-15-26)17-25-12-10-21(11-13-25)19(3)4;/h18-21H,5-17H2,1-4H3,(H,24,27);1H. The number of hydrogen-bond donors (Lipinski definition) is 1. The number of hydrogen-bond acceptors (Lipinski definition) is 3. The maximum atomic E-state index is 12.4. The summed E-state index contributed by atoms with van der Waals surface area (Å²) in [7, 11) is 0. The minimum Gasteiger partial charge on any atom is -0.356 e. The van der Waals surface area contributed by atoms with Crippen LogP contribution in [0.2, 0.25) is 0 Å². The highest BCUT2D eigenvalue weighted by Crippen LogP contribution is 2.26. The first-order chi connectivity index (χ1) is 13.3. The quantitative estimate of drug-likeness (QED) is 0.646. The van der Waals surface area contributed by atoms with Gasteiger partial charge >= 0.3 is 0 Å². The Morgan fingerprint density at radius 2 is 1.61 bits per heavy atom. The van der Waals surface area contributed by atoms with Gasteiger partial charge in [-0.1, -0.05) is 27.7 Å². The molecule has 0 spiro atoms. The Kier molecular flexibility index (Phi) is 9.76. The molecule has 2 aliphatic heterocycles. The largest absolute Gasteiger partial charge is 0.356 e. The predicted molar refractivity (Wildman–Crippen MR) is 117 cm³/mol. The van der Waals surface area contributed by atoms with Crippen LogP contribution in [0.3, 0.4) is 0 Å². The third kappa shape index (κ3) is 8.10. The van der Waals surface area contributed by atoms with E-state index in [9.17, 15) is 9.59 Å². The van der Waals surface area contributed by atoms with Crippen molar-refractivity contribution >= 4 is 11.8 Å². The number of nitrogens with zero attached hydrogens (tertiary/aromatic N) is 2. The molecule has 2 rings (SSSR count). The van der Waals surface area contributed by atoms with E-state index in [1.165, 1.54) is 32.5 Å². The molecule has 2 aliphatic rings. The van der Waals surface area contributed by atoms with Gasteiger partial charge < -0.3 is 15.1 Å². The van der Waals surface area contributed by atoms with Crippen LogP contribution < -0.4 is 5.32 Å². The lowest BCUT2D eigenvalue weighted by atomic mass is 9.86. The molecule has 2 saturated heterocycles. The van der Waals surface area contributed by atoms with E-state index < -0.39 is 0 Å². The summed E-state index contributed by atoms with van der Waals surface area (Å²) in [5.41, 5.74) is 0. The Morgan fingerprint density at radius 3 is 2.18 bits per heavy atom. The van der Waals surface area contributed by atoms with Crippen LogP contribution in [0, 0.1) is 23.7 Å². The second kappa shape index (κ2) is 11.8. The summed E-state index contributed by atoms with van der Waals surface area (Å²) in [6.45, 7) is 15.1. The van der Waals surface area contributed by atoms with Gasteiger partial charge in [0.05, 0.1) is 0 Å². The van der Waals surface area contributed by atoms with E-state index in [1.54, 1.807) is 0 Å². The average Bonchev–Trinajstić information content (AvgIpc) is 2.67. The molecular formula is C23H45N3O2. The molecule has 0 unspecified atom stereocenters. The molecule has 2 fully saturated rings. The van der Waals surface area contributed by atoms with Crippen molar-refractivity contribution in [1.82, 2.24) is 15.1 Å². The zero-order valence-corrected chi connectivity index (χ0v) is 18.7. The topological polar surface area (TPSA) is 52.7 Å². The van der Waals surface area contributed by atoms with Crippen LogP contribution in [0.4, 0.5) is 0 Å². The lowest BCUT2D eigenvalue weighted by Gasteiger charge is -2.38. The molecule has 1 N–H and O–H groups in total. The fourth-order valence-electron chi connectivity index (χ4n) is 4.50. The summed E-state index contributed by atoms with van der Waals surface area (Å²) in [5.74, 6) is 3.23. The summed E-state index contributed by atoms with van der Waals surface area (Å²) in [4.78, 5) is 28.9. The predicted octanol–water partition coefficient (Wildman–Crippen LogP) is 3.78. The summed E-state index contributed by atoms with van der Waals surface area (Å²) in [6.07, 6.45) is 6.58. The first-order valence-corrected chi connectivity index (χ1v) is 11.6. The Bertz CT molecular complexity index is 483. The monoisotopic (exact) mass is 395 g/mol. The summed E-state index contributed by atoms with van der Waals surface area (Å²) in [5, 5.41) is 2.92. The van der Waals surface area contributed by atoms with Crippen molar-refractivity contribution in [3.05, 3.63) is 0 Å². The molecule has 0 radical (unpaired) electrons. The Hall–Kier alpha value is -1.10. The number of amides is 2. The molecule has 0 aromatic rings. The van der Waals surface area contributed by atoms with Crippen molar-refractivity contribution in [2.75, 3.05) is 39.3 Å². The number of piperidine rings is 2. The molecule has 0 atom stereocenters. The van der Waals surface area contributed by atoms with E-state index in [2.05, 4.69) is 37.9 Å². The lowest BCUT2D eigenvalue weighted by molar-refractivity contribution is -0.132. The number of carbonyl (C=O) groups excluding carboxylic acids is 2. The molecule has 0 bridgehead atoms. The number of carbonyl (C=O) groups is 2. The fourth-order valence-corrected chi connectivity index (χ4v) is 4.50. The van der Waals surface area contributed by atoms with Gasteiger partial charge in [-0.15, -0.1) is 0 Å². The van der Waals surface area contributed by atoms with Gasteiger partial charge in [-0.3, -0.25) is 9.59 Å². The van der Waals surface area contributed by atoms with Crippen molar-refractivity contribution in [2.45, 2.75) is 72.6 Å². The highest BCUT2D eigenvalue weighted by Gasteiger charge is 2.27. The Morgan fingerprint density at radius 1 is 0.964 bits per heavy atom. The number of nitrogens with one attached hydrogen (secondary N) is 1. The zero-order valence-electron chi connectivity index (χ0n) is 18.7. The SMILES string of the molecule is CC(C)CNC(=O)CCCC(=O)N1CCC(CN2CCC(C(C)C)CC2)CC1.[HH]. The zero-order chi connectivity index (χ0) is 20.5. The normalized spacial score (nSPS) is 20.1. The van der Waals surface area contributed by atoms with Crippen LogP contribution in [-0.4, -0.2) is 60.9 Å². The second-order valence-electron chi connectivity index (χ2n) is 9.76. The van der Waals surface area contributed by atoms with Crippen LogP contribution in [0.15, 0.2) is 0 Å². The summed E-state index contributed by atoms with van der Waals surface area (Å²) in [6, 6.07) is 0. The lowest BCUT2D eigenvalue weighted by Crippen LogP contribution is -2.43. The van der Waals surface area contributed by atoms with E-state index in [-0.39, 0.29) is 13.2 Å². The molecule has 0 aromatic carbocycles. The smallest absolute Gasteiger partial charge is 0.222 e. The van der Waals surface area contributed by atoms with E-state index in [0.29, 0.717) is 25.2 Å². The second-order valence-corrected chi connectivity index (χ2v) is 9.76. The van der Waals surface area contributed by atoms with Crippen LogP contribution in [0.5, 0.6) is 0 Å². The Labute approximate surface area is 174 Å². The maximum absolute atomic E-state index is 12.4. The third-order valence-electron chi connectivity index (χ3n) is 6.56. The van der Waals surface area contributed by atoms with E-state index in [1.807, 2.05) is 4.90 Å². The Balaban J connectivity index is 0.00000420. The van der Waals surface area contributed by atoms with Gasteiger partial charge in [0.2, 0.25) is 11.8 Å². The van der Waals surface area contributed by atoms with E-state index in [4.69, 9.17) is 0 Å². The van der Waals surface area contributed by atoms with Crippen LogP contribution in [0.1, 0.15) is 74.1 Å². The molecule has 28 heavy (non-hydrogen) atoms. The van der Waals surface area contributed by atoms with Crippen molar-refractivity contribution in [3.63, 3.8) is 0 Å².